The summed E-state index contributed by atoms with van der Waals surface area (Å²) in [6.07, 6.45) is 5.41. The third-order valence-corrected chi connectivity index (χ3v) is 3.55. The van der Waals surface area contributed by atoms with E-state index in [4.69, 9.17) is 32.7 Å². The summed E-state index contributed by atoms with van der Waals surface area (Å²) >= 11 is 11.6. The van der Waals surface area contributed by atoms with Crippen molar-refractivity contribution < 1.29 is 19.1 Å². The molecule has 0 amide bonds. The molecule has 0 aromatic heterocycles. The fourth-order valence-corrected chi connectivity index (χ4v) is 2.44. The molecule has 0 atom stereocenters. The molecule has 23 heavy (non-hydrogen) atoms. The fourth-order valence-electron chi connectivity index (χ4n) is 1.94. The van der Waals surface area contributed by atoms with Gasteiger partial charge in [0.15, 0.2) is 0 Å². The molecule has 1 aromatic rings. The lowest BCUT2D eigenvalue weighted by molar-refractivity contribution is -0.147. The van der Waals surface area contributed by atoms with Gasteiger partial charge in [-0.1, -0.05) is 55.8 Å². The van der Waals surface area contributed by atoms with E-state index >= 15 is 0 Å². The Morgan fingerprint density at radius 2 is 1.52 bits per heavy atom. The number of ether oxygens (including phenoxy) is 2. The topological polar surface area (TPSA) is 52.6 Å². The summed E-state index contributed by atoms with van der Waals surface area (Å²) in [4.78, 5) is 23.2. The van der Waals surface area contributed by atoms with E-state index in [1.807, 2.05) is 0 Å². The van der Waals surface area contributed by atoms with Gasteiger partial charge in [-0.05, 0) is 24.6 Å². The van der Waals surface area contributed by atoms with Crippen LogP contribution in [-0.2, 0) is 14.3 Å². The van der Waals surface area contributed by atoms with Gasteiger partial charge >= 0.3 is 11.9 Å². The van der Waals surface area contributed by atoms with Crippen LogP contribution in [0, 0.1) is 0 Å². The van der Waals surface area contributed by atoms with Crippen LogP contribution >= 0.6 is 23.2 Å². The smallest absolute Gasteiger partial charge is 0.311 e. The first-order chi connectivity index (χ1) is 11.0. The Kier molecular flexibility index (Phi) is 9.72. The van der Waals surface area contributed by atoms with Crippen LogP contribution in [0.4, 0.5) is 0 Å². The minimum Gasteiger partial charge on any atom is -0.466 e. The zero-order chi connectivity index (χ0) is 17.1. The SMILES string of the molecule is CCCCCCCOC(=O)CCC(=O)Oc1cc(Cl)cc(Cl)c1. The Bertz CT molecular complexity index is 497. The fraction of sp³-hybridized carbons (Fsp3) is 0.529. The number of esters is 2. The highest BCUT2D eigenvalue weighted by atomic mass is 35.5. The number of carbonyl (C=O) groups excluding carboxylic acids is 2. The van der Waals surface area contributed by atoms with Gasteiger partial charge in [-0.25, -0.2) is 0 Å². The van der Waals surface area contributed by atoms with Crippen molar-refractivity contribution in [1.82, 2.24) is 0 Å². The van der Waals surface area contributed by atoms with E-state index in [1.54, 1.807) is 6.07 Å². The minimum absolute atomic E-state index is 0.00207. The largest absolute Gasteiger partial charge is 0.466 e. The monoisotopic (exact) mass is 360 g/mol. The maximum atomic E-state index is 11.7. The van der Waals surface area contributed by atoms with Gasteiger partial charge in [0.2, 0.25) is 0 Å². The van der Waals surface area contributed by atoms with Gasteiger partial charge in [-0.15, -0.1) is 0 Å². The first kappa shape index (κ1) is 19.8. The molecule has 0 fully saturated rings. The molecule has 0 heterocycles. The first-order valence-electron chi connectivity index (χ1n) is 7.83. The van der Waals surface area contributed by atoms with Crippen molar-refractivity contribution in [3.63, 3.8) is 0 Å². The van der Waals surface area contributed by atoms with E-state index in [1.165, 1.54) is 25.0 Å². The number of halogens is 2. The van der Waals surface area contributed by atoms with Crippen LogP contribution in [0.5, 0.6) is 5.75 Å². The number of rotatable bonds is 10. The third-order valence-electron chi connectivity index (χ3n) is 3.11. The second-order valence-corrected chi connectivity index (χ2v) is 6.09. The van der Waals surface area contributed by atoms with Crippen LogP contribution in [0.3, 0.4) is 0 Å². The lowest BCUT2D eigenvalue weighted by atomic mass is 10.2. The summed E-state index contributed by atoms with van der Waals surface area (Å²) in [5, 5.41) is 0.755. The van der Waals surface area contributed by atoms with Crippen molar-refractivity contribution >= 4 is 35.1 Å². The zero-order valence-corrected chi connectivity index (χ0v) is 14.8. The number of hydrogen-bond donors (Lipinski definition) is 0. The number of benzene rings is 1. The van der Waals surface area contributed by atoms with Crippen molar-refractivity contribution in [2.24, 2.45) is 0 Å². The molecule has 1 rings (SSSR count). The van der Waals surface area contributed by atoms with E-state index < -0.39 is 5.97 Å². The Hall–Kier alpha value is -1.26. The first-order valence-corrected chi connectivity index (χ1v) is 8.59. The molecule has 6 heteroatoms. The Morgan fingerprint density at radius 3 is 2.17 bits per heavy atom. The van der Waals surface area contributed by atoms with Gasteiger partial charge in [0, 0.05) is 10.0 Å². The lowest BCUT2D eigenvalue weighted by Crippen LogP contribution is -2.12. The van der Waals surface area contributed by atoms with Crippen molar-refractivity contribution in [1.29, 1.82) is 0 Å². The highest BCUT2D eigenvalue weighted by Crippen LogP contribution is 2.24. The summed E-state index contributed by atoms with van der Waals surface area (Å²) in [5.41, 5.74) is 0. The quantitative estimate of drug-likeness (QED) is 0.327. The van der Waals surface area contributed by atoms with Gasteiger partial charge in [0.05, 0.1) is 19.4 Å². The molecule has 0 unspecified atom stereocenters. The number of hydrogen-bond acceptors (Lipinski definition) is 4. The van der Waals surface area contributed by atoms with Crippen molar-refractivity contribution in [2.75, 3.05) is 6.61 Å². The molecule has 4 nitrogen and oxygen atoms in total. The molecule has 0 spiro atoms. The van der Waals surface area contributed by atoms with Crippen molar-refractivity contribution in [2.45, 2.75) is 51.9 Å². The van der Waals surface area contributed by atoms with Crippen LogP contribution in [0.25, 0.3) is 0 Å². The van der Waals surface area contributed by atoms with Crippen LogP contribution in [0.1, 0.15) is 51.9 Å². The van der Waals surface area contributed by atoms with Gasteiger partial charge in [0.1, 0.15) is 5.75 Å². The Labute approximate surface area is 147 Å². The van der Waals surface area contributed by atoms with Gasteiger partial charge in [0.25, 0.3) is 0 Å². The molecular weight excluding hydrogens is 339 g/mol. The van der Waals surface area contributed by atoms with Crippen LogP contribution in [0.2, 0.25) is 10.0 Å². The molecular formula is C17H22Cl2O4. The van der Waals surface area contributed by atoms with E-state index in [2.05, 4.69) is 6.92 Å². The van der Waals surface area contributed by atoms with E-state index in [9.17, 15) is 9.59 Å². The molecule has 128 valence electrons. The molecule has 0 saturated carbocycles. The predicted molar refractivity (Wildman–Crippen MR) is 91.0 cm³/mol. The molecule has 0 aliphatic rings. The third kappa shape index (κ3) is 9.47. The lowest BCUT2D eigenvalue weighted by Gasteiger charge is -2.06. The number of unbranched alkanes of at least 4 members (excludes halogenated alkanes) is 4. The standard InChI is InChI=1S/C17H22Cl2O4/c1-2-3-4-5-6-9-22-16(20)7-8-17(21)23-15-11-13(18)10-14(19)12-15/h10-12H,2-9H2,1H3. The highest BCUT2D eigenvalue weighted by Gasteiger charge is 2.11. The Balaban J connectivity index is 2.18. The summed E-state index contributed by atoms with van der Waals surface area (Å²) in [6, 6.07) is 4.51. The van der Waals surface area contributed by atoms with E-state index in [-0.39, 0.29) is 24.6 Å². The maximum absolute atomic E-state index is 11.7. The molecule has 0 aliphatic heterocycles. The maximum Gasteiger partial charge on any atom is 0.311 e. The summed E-state index contributed by atoms with van der Waals surface area (Å²) in [6.45, 7) is 2.55. The van der Waals surface area contributed by atoms with Crippen molar-refractivity contribution in [3.05, 3.63) is 28.2 Å². The van der Waals surface area contributed by atoms with Crippen LogP contribution < -0.4 is 4.74 Å². The molecule has 0 radical (unpaired) electrons. The summed E-state index contributed by atoms with van der Waals surface area (Å²) < 4.78 is 10.2. The zero-order valence-electron chi connectivity index (χ0n) is 13.3. The Morgan fingerprint density at radius 1 is 0.913 bits per heavy atom. The van der Waals surface area contributed by atoms with Crippen LogP contribution in [-0.4, -0.2) is 18.5 Å². The second-order valence-electron chi connectivity index (χ2n) is 5.21. The molecule has 0 bridgehead atoms. The second kappa shape index (κ2) is 11.3. The highest BCUT2D eigenvalue weighted by molar-refractivity contribution is 6.34. The summed E-state index contributed by atoms with van der Waals surface area (Å²) in [7, 11) is 0. The van der Waals surface area contributed by atoms with Gasteiger partial charge < -0.3 is 9.47 Å². The number of carbonyl (C=O) groups is 2. The van der Waals surface area contributed by atoms with E-state index in [0.717, 1.165) is 19.3 Å². The van der Waals surface area contributed by atoms with Crippen molar-refractivity contribution in [3.8, 4) is 5.75 Å². The minimum atomic E-state index is -0.525. The normalized spacial score (nSPS) is 10.4. The molecule has 0 saturated heterocycles. The van der Waals surface area contributed by atoms with Crippen LogP contribution in [0.15, 0.2) is 18.2 Å². The average molecular weight is 361 g/mol. The van der Waals surface area contributed by atoms with E-state index in [0.29, 0.717) is 16.7 Å². The summed E-state index contributed by atoms with van der Waals surface area (Å²) in [5.74, 6) is -0.651. The molecule has 1 aromatic carbocycles. The predicted octanol–water partition coefficient (Wildman–Crippen LogP) is 5.19. The molecule has 0 aliphatic carbocycles. The molecule has 0 N–H and O–H groups in total. The van der Waals surface area contributed by atoms with Gasteiger partial charge in [-0.3, -0.25) is 9.59 Å². The van der Waals surface area contributed by atoms with Gasteiger partial charge in [-0.2, -0.15) is 0 Å². The average Bonchev–Trinajstić information content (AvgIpc) is 2.47.